The summed E-state index contributed by atoms with van der Waals surface area (Å²) in [4.78, 5) is 0. The van der Waals surface area contributed by atoms with Gasteiger partial charge in [0.1, 0.15) is 0 Å². The Balaban J connectivity index is -0.0000000910. The van der Waals surface area contributed by atoms with Gasteiger partial charge in [-0.05, 0) is 19.8 Å². The second-order valence-corrected chi connectivity index (χ2v) is 2.67. The van der Waals surface area contributed by atoms with Crippen LogP contribution in [-0.2, 0) is 21.7 Å². The van der Waals surface area contributed by atoms with Crippen LogP contribution in [0.15, 0.2) is 0 Å². The molecule has 0 rings (SSSR count). The third-order valence-electron chi connectivity index (χ3n) is 0.365. The fourth-order valence-corrected chi connectivity index (χ4v) is 0. The summed E-state index contributed by atoms with van der Waals surface area (Å²) in [6.45, 7) is 7.69. The maximum absolute atomic E-state index is 8.14. The first-order valence-electron chi connectivity index (χ1n) is 3.29. The number of hydrogen-bond acceptors (Lipinski definition) is 2. The Morgan fingerprint density at radius 2 is 1.20 bits per heavy atom. The van der Waals surface area contributed by atoms with Crippen molar-refractivity contribution in [2.45, 2.75) is 33.8 Å². The quantitative estimate of drug-likeness (QED) is 0.594. The van der Waals surface area contributed by atoms with E-state index in [1.807, 2.05) is 13.8 Å². The molecule has 0 aromatic heterocycles. The summed E-state index contributed by atoms with van der Waals surface area (Å²) in [6.07, 6.45) is -0.167. The first-order valence-corrected chi connectivity index (χ1v) is 3.29. The number of aliphatic hydroxyl groups excluding tert-OH is 2. The monoisotopic (exact) mass is 182 g/mol. The van der Waals surface area contributed by atoms with Crippen molar-refractivity contribution in [3.8, 4) is 0 Å². The Morgan fingerprint density at radius 1 is 1.10 bits per heavy atom. The van der Waals surface area contributed by atoms with Crippen LogP contribution in [0, 0.1) is 5.92 Å². The van der Waals surface area contributed by atoms with Crippen molar-refractivity contribution >= 4 is 0 Å². The van der Waals surface area contributed by atoms with Crippen LogP contribution in [0.25, 0.3) is 0 Å². The zero-order chi connectivity index (χ0) is 7.86. The predicted molar refractivity (Wildman–Crippen MR) is 39.3 cm³/mol. The Hall–Kier alpha value is 0.634. The third kappa shape index (κ3) is 72.5. The summed E-state index contributed by atoms with van der Waals surface area (Å²) in [5.74, 6) is 0.440. The molecule has 0 spiro atoms. The molecule has 2 nitrogen and oxygen atoms in total. The molecular weight excluding hydrogens is 164 g/mol. The molecule has 0 aliphatic rings. The van der Waals surface area contributed by atoms with E-state index in [-0.39, 0.29) is 27.8 Å². The molecule has 2 N–H and O–H groups in total. The molecule has 3 heteroatoms. The Morgan fingerprint density at radius 3 is 1.20 bits per heavy atom. The molecule has 0 aliphatic carbocycles. The molecule has 62 valence electrons. The van der Waals surface area contributed by atoms with Gasteiger partial charge in [-0.25, -0.2) is 0 Å². The Kier molecular flexibility index (Phi) is 20.9. The topological polar surface area (TPSA) is 40.5 Å². The van der Waals surface area contributed by atoms with Crippen LogP contribution in [0.1, 0.15) is 27.7 Å². The number of aliphatic hydroxyl groups is 2. The first kappa shape index (κ1) is 16.9. The largest absolute Gasteiger partial charge is 0.396 e. The van der Waals surface area contributed by atoms with E-state index >= 15 is 0 Å². The van der Waals surface area contributed by atoms with Crippen molar-refractivity contribution in [3.05, 3.63) is 0 Å². The molecular formula is C7H18O2Ti. The Labute approximate surface area is 78.5 Å². The van der Waals surface area contributed by atoms with Crippen molar-refractivity contribution in [1.82, 2.24) is 0 Å². The van der Waals surface area contributed by atoms with Crippen molar-refractivity contribution < 1.29 is 31.9 Å². The van der Waals surface area contributed by atoms with Crippen molar-refractivity contribution in [2.75, 3.05) is 6.61 Å². The van der Waals surface area contributed by atoms with Gasteiger partial charge in [0.25, 0.3) is 0 Å². The maximum Gasteiger partial charge on any atom is 0.0483 e. The van der Waals surface area contributed by atoms with Crippen LogP contribution in [0.5, 0.6) is 0 Å². The molecule has 0 fully saturated rings. The zero-order valence-electron chi connectivity index (χ0n) is 7.26. The van der Waals surface area contributed by atoms with E-state index in [0.29, 0.717) is 12.5 Å². The second kappa shape index (κ2) is 12.3. The summed E-state index contributed by atoms with van der Waals surface area (Å²) in [5, 5.41) is 16.2. The number of rotatable bonds is 1. The van der Waals surface area contributed by atoms with Gasteiger partial charge in [-0.2, -0.15) is 0 Å². The summed E-state index contributed by atoms with van der Waals surface area (Å²) in [5.41, 5.74) is 0. The summed E-state index contributed by atoms with van der Waals surface area (Å²) >= 11 is 0. The normalized spacial score (nSPS) is 8.40. The number of hydrogen-bond donors (Lipinski definition) is 2. The minimum absolute atomic E-state index is 0. The van der Waals surface area contributed by atoms with Crippen LogP contribution in [-0.4, -0.2) is 22.9 Å². The fraction of sp³-hybridized carbons (Fsp3) is 1.00. The van der Waals surface area contributed by atoms with Crippen LogP contribution in [0.2, 0.25) is 0 Å². The van der Waals surface area contributed by atoms with Crippen molar-refractivity contribution in [1.29, 1.82) is 0 Å². The molecule has 0 aliphatic heterocycles. The van der Waals surface area contributed by atoms with E-state index in [4.69, 9.17) is 10.2 Å². The molecule has 0 bridgehead atoms. The average molecular weight is 182 g/mol. The molecule has 0 aromatic carbocycles. The van der Waals surface area contributed by atoms with Crippen LogP contribution < -0.4 is 0 Å². The van der Waals surface area contributed by atoms with E-state index in [1.54, 1.807) is 13.8 Å². The fourth-order valence-electron chi connectivity index (χ4n) is 0. The smallest absolute Gasteiger partial charge is 0.0483 e. The van der Waals surface area contributed by atoms with Gasteiger partial charge in [0.15, 0.2) is 0 Å². The van der Waals surface area contributed by atoms with E-state index < -0.39 is 0 Å². The second-order valence-electron chi connectivity index (χ2n) is 2.67. The average Bonchev–Trinajstić information content (AvgIpc) is 1.65. The van der Waals surface area contributed by atoms with E-state index in [0.717, 1.165) is 0 Å². The molecule has 0 aromatic rings. The van der Waals surface area contributed by atoms with Gasteiger partial charge >= 0.3 is 0 Å². The summed E-state index contributed by atoms with van der Waals surface area (Å²) in [7, 11) is 0. The molecule has 0 unspecified atom stereocenters. The summed E-state index contributed by atoms with van der Waals surface area (Å²) in [6, 6.07) is 0. The molecule has 0 amide bonds. The van der Waals surface area contributed by atoms with Gasteiger partial charge in [-0.3, -0.25) is 0 Å². The van der Waals surface area contributed by atoms with Gasteiger partial charge in [0.2, 0.25) is 0 Å². The molecule has 0 radical (unpaired) electrons. The van der Waals surface area contributed by atoms with Crippen LogP contribution >= 0.6 is 0 Å². The minimum atomic E-state index is -0.167. The maximum atomic E-state index is 8.14. The summed E-state index contributed by atoms with van der Waals surface area (Å²) < 4.78 is 0. The molecule has 0 saturated carbocycles. The van der Waals surface area contributed by atoms with E-state index in [2.05, 4.69) is 0 Å². The van der Waals surface area contributed by atoms with Gasteiger partial charge in [0.05, 0.1) is 0 Å². The SMILES string of the molecule is CC(C)CO.CC(C)O.[Ti]. The Bertz CT molecular complexity index is 44.1. The molecule has 10 heavy (non-hydrogen) atoms. The van der Waals surface area contributed by atoms with Crippen molar-refractivity contribution in [2.24, 2.45) is 5.92 Å². The van der Waals surface area contributed by atoms with E-state index in [1.165, 1.54) is 0 Å². The predicted octanol–water partition coefficient (Wildman–Crippen LogP) is 1.02. The zero-order valence-corrected chi connectivity index (χ0v) is 8.82. The first-order chi connectivity index (χ1) is 4.00. The van der Waals surface area contributed by atoms with Gasteiger partial charge in [0, 0.05) is 34.4 Å². The minimum Gasteiger partial charge on any atom is -0.396 e. The van der Waals surface area contributed by atoms with Crippen LogP contribution in [0.3, 0.4) is 0 Å². The van der Waals surface area contributed by atoms with Crippen molar-refractivity contribution in [3.63, 3.8) is 0 Å². The third-order valence-corrected chi connectivity index (χ3v) is 0.365. The van der Waals surface area contributed by atoms with Crippen LogP contribution in [0.4, 0.5) is 0 Å². The molecule has 0 heterocycles. The standard InChI is InChI=1S/C4H10O.C3H8O.Ti/c1-4(2)3-5;1-3(2)4;/h4-5H,3H2,1-2H3;3-4H,1-2H3;. The van der Waals surface area contributed by atoms with Gasteiger partial charge in [-0.15, -0.1) is 0 Å². The van der Waals surface area contributed by atoms with Gasteiger partial charge < -0.3 is 10.2 Å². The van der Waals surface area contributed by atoms with Gasteiger partial charge in [-0.1, -0.05) is 13.8 Å². The molecule has 0 saturated heterocycles. The van der Waals surface area contributed by atoms with E-state index in [9.17, 15) is 0 Å². The molecule has 0 atom stereocenters.